The first-order valence-electron chi connectivity index (χ1n) is 10.0. The Hall–Kier alpha value is -2.61. The highest BCUT2D eigenvalue weighted by atomic mass is 32.1. The third-order valence-electron chi connectivity index (χ3n) is 5.66. The van der Waals surface area contributed by atoms with E-state index in [2.05, 4.69) is 9.88 Å². The Morgan fingerprint density at radius 2 is 1.70 bits per heavy atom. The fourth-order valence-electron chi connectivity index (χ4n) is 4.05. The van der Waals surface area contributed by atoms with Crippen LogP contribution in [0.5, 0.6) is 0 Å². The predicted molar refractivity (Wildman–Crippen MR) is 113 cm³/mol. The first-order chi connectivity index (χ1) is 14.6. The Kier molecular flexibility index (Phi) is 5.10. The quantitative estimate of drug-likeness (QED) is 0.577. The van der Waals surface area contributed by atoms with Crippen molar-refractivity contribution in [1.82, 2.24) is 4.98 Å². The molecule has 154 valence electrons. The number of hydrogen-bond acceptors (Lipinski definition) is 6. The lowest BCUT2D eigenvalue weighted by Gasteiger charge is -2.38. The molecule has 2 aliphatic heterocycles. The van der Waals surface area contributed by atoms with Crippen molar-refractivity contribution < 1.29 is 18.7 Å². The predicted octanol–water partition coefficient (Wildman–Crippen LogP) is 4.52. The summed E-state index contributed by atoms with van der Waals surface area (Å²) in [4.78, 5) is 20.1. The molecule has 0 radical (unpaired) electrons. The average Bonchev–Trinajstić information content (AvgIpc) is 3.43. The number of ether oxygens (including phenoxy) is 2. The van der Waals surface area contributed by atoms with Gasteiger partial charge in [-0.15, -0.1) is 11.3 Å². The molecule has 2 aliphatic rings. The summed E-state index contributed by atoms with van der Waals surface area (Å²) < 4.78 is 25.0. The molecule has 1 aromatic carbocycles. The molecule has 2 fully saturated rings. The Bertz CT molecular complexity index is 1040. The standard InChI is InChI=1S/C23H21FN2O3S/c24-18-3-1-17(2-4-18)21(27)20-15-19(16-5-9-25-10-6-16)22(30-20)26-11-7-23(8-12-26)28-13-14-29-23/h1-6,9-10,15H,7-8,11-14H2. The lowest BCUT2D eigenvalue weighted by Crippen LogP contribution is -2.45. The van der Waals surface area contributed by atoms with E-state index < -0.39 is 5.79 Å². The van der Waals surface area contributed by atoms with Gasteiger partial charge in [-0.25, -0.2) is 4.39 Å². The minimum Gasteiger partial charge on any atom is -0.363 e. The average molecular weight is 424 g/mol. The van der Waals surface area contributed by atoms with E-state index in [1.807, 2.05) is 18.2 Å². The molecule has 5 rings (SSSR count). The molecule has 0 unspecified atom stereocenters. The van der Waals surface area contributed by atoms with Crippen molar-refractivity contribution in [3.8, 4) is 11.1 Å². The molecule has 0 aliphatic carbocycles. The van der Waals surface area contributed by atoms with Crippen LogP contribution in [0.2, 0.25) is 0 Å². The van der Waals surface area contributed by atoms with Crippen LogP contribution in [-0.2, 0) is 9.47 Å². The number of carbonyl (C=O) groups excluding carboxylic acids is 1. The zero-order valence-electron chi connectivity index (χ0n) is 16.3. The minimum absolute atomic E-state index is 0.0995. The molecule has 30 heavy (non-hydrogen) atoms. The maximum absolute atomic E-state index is 13.3. The minimum atomic E-state index is -0.447. The SMILES string of the molecule is O=C(c1ccc(F)cc1)c1cc(-c2ccncc2)c(N2CCC3(CC2)OCCO3)s1. The lowest BCUT2D eigenvalue weighted by atomic mass is 10.0. The molecule has 2 saturated heterocycles. The summed E-state index contributed by atoms with van der Waals surface area (Å²) >= 11 is 1.48. The van der Waals surface area contributed by atoms with Crippen molar-refractivity contribution in [1.29, 1.82) is 0 Å². The van der Waals surface area contributed by atoms with Crippen LogP contribution in [-0.4, -0.2) is 42.9 Å². The number of aromatic nitrogens is 1. The Balaban J connectivity index is 1.48. The molecule has 5 nitrogen and oxygen atoms in total. The lowest BCUT2D eigenvalue weighted by molar-refractivity contribution is -0.169. The number of nitrogens with zero attached hydrogens (tertiary/aromatic N) is 2. The number of anilines is 1. The first-order valence-corrected chi connectivity index (χ1v) is 10.8. The Labute approximate surface area is 178 Å². The molecule has 0 atom stereocenters. The molecular formula is C23H21FN2O3S. The third-order valence-corrected chi connectivity index (χ3v) is 6.85. The number of carbonyl (C=O) groups is 1. The molecule has 0 bridgehead atoms. The van der Waals surface area contributed by atoms with Gasteiger partial charge in [0.25, 0.3) is 0 Å². The van der Waals surface area contributed by atoms with Crippen molar-refractivity contribution in [2.45, 2.75) is 18.6 Å². The maximum Gasteiger partial charge on any atom is 0.203 e. The zero-order chi connectivity index (χ0) is 20.6. The molecular weight excluding hydrogens is 403 g/mol. The normalized spacial score (nSPS) is 18.1. The number of ketones is 1. The van der Waals surface area contributed by atoms with Gasteiger partial charge in [-0.2, -0.15) is 0 Å². The van der Waals surface area contributed by atoms with Gasteiger partial charge < -0.3 is 14.4 Å². The van der Waals surface area contributed by atoms with Crippen LogP contribution < -0.4 is 4.90 Å². The van der Waals surface area contributed by atoms with Crippen molar-refractivity contribution in [3.05, 3.63) is 71.1 Å². The molecule has 3 aromatic rings. The van der Waals surface area contributed by atoms with E-state index in [4.69, 9.17) is 9.47 Å². The van der Waals surface area contributed by atoms with Crippen molar-refractivity contribution in [2.75, 3.05) is 31.2 Å². The molecule has 0 amide bonds. The first kappa shape index (κ1) is 19.4. The van der Waals surface area contributed by atoms with Crippen LogP contribution in [0.15, 0.2) is 54.9 Å². The second-order valence-corrected chi connectivity index (χ2v) is 8.53. The van der Waals surface area contributed by atoms with Crippen LogP contribution in [0.1, 0.15) is 28.1 Å². The number of halogens is 1. The molecule has 4 heterocycles. The molecule has 7 heteroatoms. The highest BCUT2D eigenvalue weighted by Gasteiger charge is 2.40. The molecule has 0 N–H and O–H groups in total. The van der Waals surface area contributed by atoms with Crippen molar-refractivity contribution >= 4 is 22.1 Å². The number of piperidine rings is 1. The van der Waals surface area contributed by atoms with Gasteiger partial charge in [-0.3, -0.25) is 9.78 Å². The van der Waals surface area contributed by atoms with E-state index in [0.717, 1.165) is 42.1 Å². The number of benzene rings is 1. The van der Waals surface area contributed by atoms with Gasteiger partial charge in [0, 0.05) is 49.5 Å². The Morgan fingerprint density at radius 3 is 2.37 bits per heavy atom. The smallest absolute Gasteiger partial charge is 0.203 e. The number of rotatable bonds is 4. The van der Waals surface area contributed by atoms with Crippen LogP contribution in [0.25, 0.3) is 11.1 Å². The Morgan fingerprint density at radius 1 is 1.03 bits per heavy atom. The molecule has 2 aromatic heterocycles. The summed E-state index contributed by atoms with van der Waals surface area (Å²) in [5.41, 5.74) is 2.51. The summed E-state index contributed by atoms with van der Waals surface area (Å²) in [6, 6.07) is 11.5. The van der Waals surface area contributed by atoms with E-state index in [0.29, 0.717) is 23.7 Å². The van der Waals surface area contributed by atoms with E-state index in [-0.39, 0.29) is 11.6 Å². The van der Waals surface area contributed by atoms with Gasteiger partial charge in [0.2, 0.25) is 5.78 Å². The maximum atomic E-state index is 13.3. The van der Waals surface area contributed by atoms with E-state index >= 15 is 0 Å². The fourth-order valence-corrected chi connectivity index (χ4v) is 5.24. The largest absolute Gasteiger partial charge is 0.363 e. The second kappa shape index (κ2) is 7.91. The van der Waals surface area contributed by atoms with Gasteiger partial charge >= 0.3 is 0 Å². The van der Waals surface area contributed by atoms with Gasteiger partial charge in [-0.1, -0.05) is 0 Å². The van der Waals surface area contributed by atoms with E-state index in [9.17, 15) is 9.18 Å². The van der Waals surface area contributed by atoms with Crippen LogP contribution in [0, 0.1) is 5.82 Å². The third kappa shape index (κ3) is 3.64. The van der Waals surface area contributed by atoms with Gasteiger partial charge in [0.05, 0.1) is 23.1 Å². The highest BCUT2D eigenvalue weighted by molar-refractivity contribution is 7.18. The number of thiophene rings is 1. The summed E-state index contributed by atoms with van der Waals surface area (Å²) in [7, 11) is 0. The monoisotopic (exact) mass is 424 g/mol. The van der Waals surface area contributed by atoms with Crippen LogP contribution in [0.3, 0.4) is 0 Å². The zero-order valence-corrected chi connectivity index (χ0v) is 17.2. The van der Waals surface area contributed by atoms with Crippen LogP contribution >= 0.6 is 11.3 Å². The summed E-state index contributed by atoms with van der Waals surface area (Å²) in [5, 5.41) is 1.06. The van der Waals surface area contributed by atoms with Gasteiger partial charge in [0.15, 0.2) is 5.79 Å². The fraction of sp³-hybridized carbons (Fsp3) is 0.304. The topological polar surface area (TPSA) is 51.7 Å². The van der Waals surface area contributed by atoms with Crippen LogP contribution in [0.4, 0.5) is 9.39 Å². The van der Waals surface area contributed by atoms with Gasteiger partial charge in [-0.05, 0) is 48.0 Å². The van der Waals surface area contributed by atoms with Crippen molar-refractivity contribution in [2.24, 2.45) is 0 Å². The summed E-state index contributed by atoms with van der Waals surface area (Å²) in [6.45, 7) is 2.89. The number of pyridine rings is 1. The second-order valence-electron chi connectivity index (χ2n) is 7.50. The molecule has 1 spiro atoms. The van der Waals surface area contributed by atoms with Gasteiger partial charge in [0.1, 0.15) is 5.82 Å². The summed E-state index contributed by atoms with van der Waals surface area (Å²) in [6.07, 6.45) is 5.09. The number of hydrogen-bond donors (Lipinski definition) is 0. The highest BCUT2D eigenvalue weighted by Crippen LogP contribution is 2.42. The summed E-state index contributed by atoms with van der Waals surface area (Å²) in [5.74, 6) is -0.899. The van der Waals surface area contributed by atoms with E-state index in [1.165, 1.54) is 35.6 Å². The van der Waals surface area contributed by atoms with Crippen molar-refractivity contribution in [3.63, 3.8) is 0 Å². The molecule has 0 saturated carbocycles. The van der Waals surface area contributed by atoms with E-state index in [1.54, 1.807) is 12.4 Å².